The van der Waals surface area contributed by atoms with Gasteiger partial charge in [-0.2, -0.15) is 4.98 Å². The normalized spacial score (nSPS) is 19.7. The van der Waals surface area contributed by atoms with E-state index in [9.17, 15) is 4.79 Å². The van der Waals surface area contributed by atoms with Crippen molar-refractivity contribution >= 4 is 17.2 Å². The fourth-order valence-electron chi connectivity index (χ4n) is 2.50. The first-order valence-corrected chi connectivity index (χ1v) is 8.28. The summed E-state index contributed by atoms with van der Waals surface area (Å²) in [6, 6.07) is 0. The second kappa shape index (κ2) is 6.17. The first-order valence-electron chi connectivity index (χ1n) is 7.40. The van der Waals surface area contributed by atoms with Crippen molar-refractivity contribution in [1.29, 1.82) is 0 Å². The van der Waals surface area contributed by atoms with Gasteiger partial charge in [0.1, 0.15) is 24.2 Å². The van der Waals surface area contributed by atoms with Crippen molar-refractivity contribution in [3.8, 4) is 11.5 Å². The maximum atomic E-state index is 12.3. The van der Waals surface area contributed by atoms with E-state index < -0.39 is 0 Å². The van der Waals surface area contributed by atoms with Gasteiger partial charge in [0.15, 0.2) is 17.3 Å². The molecule has 0 aliphatic carbocycles. The smallest absolute Gasteiger partial charge is 0.265 e. The van der Waals surface area contributed by atoms with Gasteiger partial charge in [-0.25, -0.2) is 0 Å². The Balaban J connectivity index is 1.39. The summed E-state index contributed by atoms with van der Waals surface area (Å²) in [7, 11) is 0. The van der Waals surface area contributed by atoms with Gasteiger partial charge in [0, 0.05) is 12.0 Å². The van der Waals surface area contributed by atoms with E-state index in [2.05, 4.69) is 15.5 Å². The number of hydrogen-bond donors (Lipinski definition) is 1. The molecular weight excluding hydrogens is 322 g/mol. The van der Waals surface area contributed by atoms with Crippen LogP contribution in [0.3, 0.4) is 0 Å². The molecule has 1 N–H and O–H groups in total. The third kappa shape index (κ3) is 2.89. The Morgan fingerprint density at radius 1 is 1.35 bits per heavy atom. The highest BCUT2D eigenvalue weighted by Gasteiger charge is 2.25. The second-order valence-electron chi connectivity index (χ2n) is 5.19. The van der Waals surface area contributed by atoms with Crippen LogP contribution in [0.25, 0.3) is 0 Å². The fraction of sp³-hybridized carbons (Fsp3) is 0.500. The van der Waals surface area contributed by atoms with Crippen molar-refractivity contribution in [2.75, 3.05) is 19.8 Å². The predicted octanol–water partition coefficient (Wildman–Crippen LogP) is 1.68. The van der Waals surface area contributed by atoms with Crippen LogP contribution < -0.4 is 14.8 Å². The number of aromatic nitrogens is 2. The molecule has 2 aromatic heterocycles. The van der Waals surface area contributed by atoms with E-state index >= 15 is 0 Å². The Hall–Kier alpha value is -2.13. The molecule has 2 aliphatic heterocycles. The van der Waals surface area contributed by atoms with Gasteiger partial charge < -0.3 is 24.1 Å². The van der Waals surface area contributed by atoms with Crippen molar-refractivity contribution in [2.45, 2.75) is 25.5 Å². The molecule has 23 heavy (non-hydrogen) atoms. The molecule has 1 fully saturated rings. The molecule has 1 amide bonds. The molecular formula is C14H15N3O5S. The molecule has 1 saturated heterocycles. The Morgan fingerprint density at radius 2 is 2.26 bits per heavy atom. The lowest BCUT2D eigenvalue weighted by atomic mass is 10.2. The molecule has 8 nitrogen and oxygen atoms in total. The summed E-state index contributed by atoms with van der Waals surface area (Å²) >= 11 is 1.29. The van der Waals surface area contributed by atoms with E-state index in [1.165, 1.54) is 11.3 Å². The van der Waals surface area contributed by atoms with Crippen molar-refractivity contribution in [3.05, 3.63) is 22.0 Å². The van der Waals surface area contributed by atoms with Crippen LogP contribution in [-0.2, 0) is 11.3 Å². The Labute approximate surface area is 135 Å². The zero-order valence-corrected chi connectivity index (χ0v) is 13.1. The lowest BCUT2D eigenvalue weighted by Gasteiger charge is -2.15. The minimum absolute atomic E-state index is 0.123. The highest BCUT2D eigenvalue weighted by atomic mass is 32.1. The van der Waals surface area contributed by atoms with Crippen LogP contribution in [0.4, 0.5) is 0 Å². The van der Waals surface area contributed by atoms with Crippen LogP contribution >= 0.6 is 11.3 Å². The third-order valence-electron chi connectivity index (χ3n) is 3.60. The summed E-state index contributed by atoms with van der Waals surface area (Å²) in [6.07, 6.45) is 1.75. The highest BCUT2D eigenvalue weighted by molar-refractivity contribution is 7.12. The number of nitrogens with zero attached hydrogens (tertiary/aromatic N) is 2. The van der Waals surface area contributed by atoms with Crippen LogP contribution in [0.15, 0.2) is 9.90 Å². The monoisotopic (exact) mass is 337 g/mol. The van der Waals surface area contributed by atoms with Gasteiger partial charge in [-0.3, -0.25) is 4.79 Å². The lowest BCUT2D eigenvalue weighted by Crippen LogP contribution is -2.24. The van der Waals surface area contributed by atoms with E-state index in [-0.39, 0.29) is 18.6 Å². The molecule has 0 unspecified atom stereocenters. The second-order valence-corrected chi connectivity index (χ2v) is 6.07. The molecule has 0 aromatic carbocycles. The number of ether oxygens (including phenoxy) is 3. The van der Waals surface area contributed by atoms with Gasteiger partial charge in [0.2, 0.25) is 0 Å². The first kappa shape index (κ1) is 14.5. The zero-order valence-electron chi connectivity index (χ0n) is 12.2. The number of nitrogens with one attached hydrogen (secondary N) is 1. The van der Waals surface area contributed by atoms with Gasteiger partial charge in [-0.15, -0.1) is 11.3 Å². The number of fused-ring (bicyclic) bond motifs is 1. The van der Waals surface area contributed by atoms with Crippen molar-refractivity contribution in [1.82, 2.24) is 15.5 Å². The molecule has 0 radical (unpaired) electrons. The van der Waals surface area contributed by atoms with Crippen molar-refractivity contribution in [2.24, 2.45) is 0 Å². The predicted molar refractivity (Wildman–Crippen MR) is 78.7 cm³/mol. The molecule has 0 saturated carbocycles. The third-order valence-corrected chi connectivity index (χ3v) is 4.54. The number of thiophene rings is 1. The van der Waals surface area contributed by atoms with Crippen molar-refractivity contribution in [3.63, 3.8) is 0 Å². The molecule has 4 heterocycles. The van der Waals surface area contributed by atoms with Gasteiger partial charge in [0.05, 0.1) is 6.54 Å². The molecule has 4 rings (SSSR count). The lowest BCUT2D eigenvalue weighted by molar-refractivity contribution is 0.0835. The number of rotatable bonds is 4. The van der Waals surface area contributed by atoms with E-state index in [4.69, 9.17) is 18.7 Å². The summed E-state index contributed by atoms with van der Waals surface area (Å²) in [5.41, 5.74) is 0. The average molecular weight is 337 g/mol. The molecule has 9 heteroatoms. The minimum Gasteiger partial charge on any atom is -0.485 e. The maximum Gasteiger partial charge on any atom is 0.265 e. The quantitative estimate of drug-likeness (QED) is 0.907. The molecule has 0 spiro atoms. The minimum atomic E-state index is -0.245. The summed E-state index contributed by atoms with van der Waals surface area (Å²) in [6.45, 7) is 1.84. The number of hydrogen-bond acceptors (Lipinski definition) is 8. The molecule has 0 bridgehead atoms. The van der Waals surface area contributed by atoms with E-state index in [1.807, 2.05) is 0 Å². The Bertz CT molecular complexity index is 707. The average Bonchev–Trinajstić information content (AvgIpc) is 3.31. The molecule has 122 valence electrons. The summed E-state index contributed by atoms with van der Waals surface area (Å²) in [5.74, 6) is 1.77. The van der Waals surface area contributed by atoms with E-state index in [0.717, 1.165) is 12.8 Å². The maximum absolute atomic E-state index is 12.3. The zero-order chi connectivity index (χ0) is 15.6. The number of amides is 1. The molecule has 2 aliphatic rings. The Kier molecular flexibility index (Phi) is 3.88. The van der Waals surface area contributed by atoms with E-state index in [0.29, 0.717) is 47.9 Å². The van der Waals surface area contributed by atoms with Crippen molar-refractivity contribution < 1.29 is 23.5 Å². The molecule has 1 atom stereocenters. The topological polar surface area (TPSA) is 95.7 Å². The largest absolute Gasteiger partial charge is 0.485 e. The summed E-state index contributed by atoms with van der Waals surface area (Å²) < 4.78 is 21.6. The van der Waals surface area contributed by atoms with Crippen LogP contribution in [0.1, 0.15) is 40.3 Å². The van der Waals surface area contributed by atoms with Crippen LogP contribution in [0.5, 0.6) is 11.5 Å². The van der Waals surface area contributed by atoms with Crippen LogP contribution in [0, 0.1) is 0 Å². The first-order chi connectivity index (χ1) is 11.3. The highest BCUT2D eigenvalue weighted by Crippen LogP contribution is 2.39. The van der Waals surface area contributed by atoms with Crippen LogP contribution in [-0.4, -0.2) is 35.9 Å². The standard InChI is InChI=1S/C14H15N3O5S/c18-13(12-11-9(7-23-12)20-4-5-21-11)15-6-10-16-14(22-17-10)8-2-1-3-19-8/h7-8H,1-6H2,(H,15,18)/t8-/m1/s1. The SMILES string of the molecule is O=C(NCc1noc([C@H]2CCCO2)n1)c1scc2c1OCCO2. The summed E-state index contributed by atoms with van der Waals surface area (Å²) in [5, 5.41) is 8.40. The summed E-state index contributed by atoms with van der Waals surface area (Å²) in [4.78, 5) is 17.0. The number of carbonyl (C=O) groups is 1. The van der Waals surface area contributed by atoms with Gasteiger partial charge in [0.25, 0.3) is 11.8 Å². The van der Waals surface area contributed by atoms with Crippen LogP contribution in [0.2, 0.25) is 0 Å². The van der Waals surface area contributed by atoms with E-state index in [1.54, 1.807) is 5.38 Å². The van der Waals surface area contributed by atoms with Gasteiger partial charge in [-0.1, -0.05) is 5.16 Å². The Morgan fingerprint density at radius 3 is 3.13 bits per heavy atom. The van der Waals surface area contributed by atoms with Gasteiger partial charge >= 0.3 is 0 Å². The molecule has 2 aromatic rings. The number of carbonyl (C=O) groups excluding carboxylic acids is 1. The van der Waals surface area contributed by atoms with Gasteiger partial charge in [-0.05, 0) is 12.8 Å². The fourth-order valence-corrected chi connectivity index (χ4v) is 3.35.